The van der Waals surface area contributed by atoms with E-state index < -0.39 is 17.1 Å². The number of nitrogens with zero attached hydrogens (tertiary/aromatic N) is 2. The maximum Gasteiger partial charge on any atom is 0.272 e. The Morgan fingerprint density at radius 3 is 2.33 bits per heavy atom. The van der Waals surface area contributed by atoms with Gasteiger partial charge in [-0.25, -0.2) is 0 Å². The lowest BCUT2D eigenvalue weighted by molar-refractivity contribution is -0.116. The minimum absolute atomic E-state index is 0.0106. The zero-order chi connectivity index (χ0) is 32.5. The molecule has 46 heavy (non-hydrogen) atoms. The summed E-state index contributed by atoms with van der Waals surface area (Å²) in [7, 11) is 1.44. The highest BCUT2D eigenvalue weighted by Crippen LogP contribution is 2.37. The number of anilines is 2. The van der Waals surface area contributed by atoms with Crippen molar-refractivity contribution in [2.75, 3.05) is 17.7 Å². The smallest absolute Gasteiger partial charge is 0.272 e. The van der Waals surface area contributed by atoms with Crippen LogP contribution in [0.15, 0.2) is 114 Å². The summed E-state index contributed by atoms with van der Waals surface area (Å²) in [5.74, 6) is -1.04. The van der Waals surface area contributed by atoms with Gasteiger partial charge in [0.1, 0.15) is 27.5 Å². The van der Waals surface area contributed by atoms with Crippen LogP contribution in [0.25, 0.3) is 6.08 Å². The standard InChI is InChI=1S/C34H29N5O5S2/c1-21-38-39-34(45-21)37-33(43)30(22-10-5-3-6-11-22)46-27-15-9-14-25(19-27)35-32(42)28(36-31(41)23-12-7-4-8-13-23)18-24-16-17-26(40)20-29(24)44-2/h3-20,30,40H,1-2H3,(H,35,42)(H,36,41)(H,37,39,43)/b28-18+. The van der Waals surface area contributed by atoms with Crippen LogP contribution in [0.3, 0.4) is 0 Å². The first-order valence-electron chi connectivity index (χ1n) is 14.0. The second kappa shape index (κ2) is 15.0. The SMILES string of the molecule is COc1cc(O)ccc1/C=C(/NC(=O)c1ccccc1)C(=O)Nc1cccc(SC(C(=O)Nc2nnc(C)s2)c2ccccc2)c1. The number of thioether (sulfide) groups is 1. The summed E-state index contributed by atoms with van der Waals surface area (Å²) in [6, 6.07) is 29.4. The molecule has 0 radical (unpaired) electrons. The van der Waals surface area contributed by atoms with Gasteiger partial charge in [0, 0.05) is 27.8 Å². The van der Waals surface area contributed by atoms with Crippen molar-refractivity contribution in [2.45, 2.75) is 17.1 Å². The van der Waals surface area contributed by atoms with Crippen molar-refractivity contribution in [3.63, 3.8) is 0 Å². The van der Waals surface area contributed by atoms with Crippen molar-refractivity contribution < 1.29 is 24.2 Å². The third kappa shape index (κ3) is 8.37. The number of phenols is 1. The molecule has 5 aromatic rings. The van der Waals surface area contributed by atoms with Gasteiger partial charge >= 0.3 is 0 Å². The third-order valence-electron chi connectivity index (χ3n) is 6.49. The van der Waals surface area contributed by atoms with Crippen molar-refractivity contribution in [3.05, 3.63) is 131 Å². The first-order chi connectivity index (χ1) is 22.3. The molecular formula is C34H29N5O5S2. The van der Waals surface area contributed by atoms with Gasteiger partial charge in [-0.15, -0.1) is 22.0 Å². The van der Waals surface area contributed by atoms with E-state index in [1.807, 2.05) is 43.3 Å². The topological polar surface area (TPSA) is 143 Å². The van der Waals surface area contributed by atoms with Crippen LogP contribution < -0.4 is 20.7 Å². The summed E-state index contributed by atoms with van der Waals surface area (Å²) in [5, 5.41) is 26.8. The number of carbonyl (C=O) groups is 3. The van der Waals surface area contributed by atoms with Crippen LogP contribution >= 0.6 is 23.1 Å². The first-order valence-corrected chi connectivity index (χ1v) is 15.7. The number of hydrogen-bond donors (Lipinski definition) is 4. The van der Waals surface area contributed by atoms with Crippen LogP contribution in [-0.4, -0.2) is 40.1 Å². The van der Waals surface area contributed by atoms with E-state index in [9.17, 15) is 19.5 Å². The van der Waals surface area contributed by atoms with Crippen molar-refractivity contribution in [1.82, 2.24) is 15.5 Å². The zero-order valence-corrected chi connectivity index (χ0v) is 26.4. The van der Waals surface area contributed by atoms with Crippen LogP contribution in [0.2, 0.25) is 0 Å². The maximum absolute atomic E-state index is 13.7. The fraction of sp³-hybridized carbons (Fsp3) is 0.0882. The quantitative estimate of drug-likeness (QED) is 0.0944. The van der Waals surface area contributed by atoms with E-state index in [1.54, 1.807) is 54.6 Å². The molecule has 1 unspecified atom stereocenters. The molecule has 0 fully saturated rings. The summed E-state index contributed by atoms with van der Waals surface area (Å²) in [6.07, 6.45) is 1.47. The highest BCUT2D eigenvalue weighted by molar-refractivity contribution is 8.00. The summed E-state index contributed by atoms with van der Waals surface area (Å²) in [4.78, 5) is 40.8. The Bertz CT molecular complexity index is 1880. The second-order valence-corrected chi connectivity index (χ2v) is 12.2. The van der Waals surface area contributed by atoms with E-state index in [2.05, 4.69) is 26.1 Å². The molecule has 5 rings (SSSR count). The van der Waals surface area contributed by atoms with Crippen molar-refractivity contribution in [2.24, 2.45) is 0 Å². The number of hydrogen-bond acceptors (Lipinski definition) is 9. The molecule has 1 atom stereocenters. The number of phenolic OH excluding ortho intramolecular Hbond substituents is 1. The minimum atomic E-state index is -0.626. The number of aromatic nitrogens is 2. The Morgan fingerprint density at radius 1 is 0.891 bits per heavy atom. The van der Waals surface area contributed by atoms with Crippen molar-refractivity contribution >= 4 is 57.7 Å². The summed E-state index contributed by atoms with van der Waals surface area (Å²) >= 11 is 2.60. The largest absolute Gasteiger partial charge is 0.508 e. The molecule has 0 saturated carbocycles. The van der Waals surface area contributed by atoms with Gasteiger partial charge in [0.15, 0.2) is 0 Å². The van der Waals surface area contributed by atoms with Crippen LogP contribution in [-0.2, 0) is 9.59 Å². The van der Waals surface area contributed by atoms with Crippen LogP contribution in [0.4, 0.5) is 10.8 Å². The number of nitrogens with one attached hydrogen (secondary N) is 3. The van der Waals surface area contributed by atoms with E-state index in [-0.39, 0.29) is 17.4 Å². The van der Waals surface area contributed by atoms with E-state index in [4.69, 9.17) is 4.74 Å². The number of rotatable bonds is 11. The lowest BCUT2D eigenvalue weighted by Gasteiger charge is -2.17. The molecule has 10 nitrogen and oxygen atoms in total. The van der Waals surface area contributed by atoms with Gasteiger partial charge in [-0.05, 0) is 61.0 Å². The molecule has 4 aromatic carbocycles. The molecule has 0 bridgehead atoms. The highest BCUT2D eigenvalue weighted by atomic mass is 32.2. The number of aryl methyl sites for hydroxylation is 1. The lowest BCUT2D eigenvalue weighted by Crippen LogP contribution is -2.30. The zero-order valence-electron chi connectivity index (χ0n) is 24.8. The van der Waals surface area contributed by atoms with E-state index in [0.717, 1.165) is 10.6 Å². The molecule has 0 aliphatic carbocycles. The van der Waals surface area contributed by atoms with Gasteiger partial charge in [-0.1, -0.05) is 65.9 Å². The van der Waals surface area contributed by atoms with Gasteiger partial charge in [0.25, 0.3) is 11.8 Å². The molecular weight excluding hydrogens is 623 g/mol. The Labute approximate surface area is 273 Å². The summed E-state index contributed by atoms with van der Waals surface area (Å²) in [5.41, 5.74) is 2.01. The lowest BCUT2D eigenvalue weighted by atomic mass is 10.1. The maximum atomic E-state index is 13.7. The van der Waals surface area contributed by atoms with Crippen molar-refractivity contribution in [3.8, 4) is 11.5 Å². The molecule has 0 saturated heterocycles. The Balaban J connectivity index is 1.40. The highest BCUT2D eigenvalue weighted by Gasteiger charge is 2.24. The first kappa shape index (κ1) is 31.9. The fourth-order valence-corrected chi connectivity index (χ4v) is 6.00. The Morgan fingerprint density at radius 2 is 1.63 bits per heavy atom. The molecule has 3 amide bonds. The molecule has 1 aromatic heterocycles. The predicted molar refractivity (Wildman–Crippen MR) is 180 cm³/mol. The summed E-state index contributed by atoms with van der Waals surface area (Å²) < 4.78 is 5.37. The molecule has 0 spiro atoms. The van der Waals surface area contributed by atoms with Gasteiger partial charge in [0.05, 0.1) is 7.11 Å². The van der Waals surface area contributed by atoms with Crippen LogP contribution in [0.5, 0.6) is 11.5 Å². The monoisotopic (exact) mass is 651 g/mol. The van der Waals surface area contributed by atoms with Crippen molar-refractivity contribution in [1.29, 1.82) is 0 Å². The predicted octanol–water partition coefficient (Wildman–Crippen LogP) is 6.44. The van der Waals surface area contributed by atoms with Crippen LogP contribution in [0.1, 0.15) is 31.7 Å². The number of methoxy groups -OCH3 is 1. The minimum Gasteiger partial charge on any atom is -0.508 e. The number of carbonyl (C=O) groups excluding carboxylic acids is 3. The third-order valence-corrected chi connectivity index (χ3v) is 8.49. The number of aromatic hydroxyl groups is 1. The molecule has 12 heteroatoms. The van der Waals surface area contributed by atoms with E-state index >= 15 is 0 Å². The average molecular weight is 652 g/mol. The molecule has 0 aliphatic heterocycles. The fourth-order valence-electron chi connectivity index (χ4n) is 4.32. The molecule has 232 valence electrons. The normalized spacial score (nSPS) is 11.7. The van der Waals surface area contributed by atoms with E-state index in [0.29, 0.717) is 32.6 Å². The average Bonchev–Trinajstić information content (AvgIpc) is 3.48. The van der Waals surface area contributed by atoms with Gasteiger partial charge in [-0.3, -0.25) is 19.7 Å². The second-order valence-electron chi connectivity index (χ2n) is 9.81. The summed E-state index contributed by atoms with van der Waals surface area (Å²) in [6.45, 7) is 1.81. The number of amides is 3. The van der Waals surface area contributed by atoms with Crippen LogP contribution in [0, 0.1) is 6.92 Å². The Hall–Kier alpha value is -5.46. The van der Waals surface area contributed by atoms with Gasteiger partial charge in [-0.2, -0.15) is 0 Å². The molecule has 0 aliphatic rings. The number of benzene rings is 4. The Kier molecular flexibility index (Phi) is 10.4. The number of ether oxygens (including phenoxy) is 1. The van der Waals surface area contributed by atoms with Gasteiger partial charge < -0.3 is 20.5 Å². The molecule has 1 heterocycles. The van der Waals surface area contributed by atoms with E-state index in [1.165, 1.54) is 48.4 Å². The molecule has 4 N–H and O–H groups in total. The van der Waals surface area contributed by atoms with Gasteiger partial charge in [0.2, 0.25) is 11.0 Å².